The SMILES string of the molecule is CC(Cn1cccn1)NCc1cc(Br)cc([N+](=O)[O-])c1. The van der Waals surface area contributed by atoms with Crippen molar-refractivity contribution >= 4 is 21.6 Å². The summed E-state index contributed by atoms with van der Waals surface area (Å²) in [6.07, 6.45) is 3.65. The topological polar surface area (TPSA) is 73.0 Å². The molecule has 0 aliphatic heterocycles. The number of aromatic nitrogens is 2. The van der Waals surface area contributed by atoms with Crippen molar-refractivity contribution in [1.82, 2.24) is 15.1 Å². The molecule has 20 heavy (non-hydrogen) atoms. The highest BCUT2D eigenvalue weighted by molar-refractivity contribution is 9.10. The predicted molar refractivity (Wildman–Crippen MR) is 79.3 cm³/mol. The van der Waals surface area contributed by atoms with Crippen LogP contribution in [0.15, 0.2) is 41.1 Å². The van der Waals surface area contributed by atoms with E-state index >= 15 is 0 Å². The Morgan fingerprint density at radius 3 is 2.95 bits per heavy atom. The summed E-state index contributed by atoms with van der Waals surface area (Å²) >= 11 is 3.29. The molecule has 1 atom stereocenters. The van der Waals surface area contributed by atoms with Crippen LogP contribution in [0.4, 0.5) is 5.69 Å². The average molecular weight is 339 g/mol. The molecule has 1 heterocycles. The van der Waals surface area contributed by atoms with Crippen molar-refractivity contribution in [2.75, 3.05) is 0 Å². The quantitative estimate of drug-likeness (QED) is 0.649. The zero-order valence-corrected chi connectivity index (χ0v) is 12.6. The van der Waals surface area contributed by atoms with Crippen LogP contribution in [0.2, 0.25) is 0 Å². The fourth-order valence-electron chi connectivity index (χ4n) is 1.89. The summed E-state index contributed by atoms with van der Waals surface area (Å²) in [5.41, 5.74) is 0.967. The second kappa shape index (κ2) is 6.62. The van der Waals surface area contributed by atoms with E-state index in [2.05, 4.69) is 26.3 Å². The normalized spacial score (nSPS) is 12.3. The van der Waals surface area contributed by atoms with Gasteiger partial charge in [0, 0.05) is 41.6 Å². The fraction of sp³-hybridized carbons (Fsp3) is 0.308. The molecular weight excluding hydrogens is 324 g/mol. The van der Waals surface area contributed by atoms with E-state index in [1.54, 1.807) is 12.3 Å². The van der Waals surface area contributed by atoms with Crippen LogP contribution in [-0.4, -0.2) is 20.7 Å². The van der Waals surface area contributed by atoms with Gasteiger partial charge in [0.25, 0.3) is 5.69 Å². The van der Waals surface area contributed by atoms with E-state index < -0.39 is 0 Å². The molecule has 0 radical (unpaired) electrons. The average Bonchev–Trinajstić information content (AvgIpc) is 2.88. The first-order valence-corrected chi connectivity index (χ1v) is 6.98. The number of rotatable bonds is 6. The van der Waals surface area contributed by atoms with E-state index in [4.69, 9.17) is 0 Å². The van der Waals surface area contributed by atoms with E-state index in [0.717, 1.165) is 12.1 Å². The number of non-ortho nitro benzene ring substituents is 1. The molecule has 0 bridgehead atoms. The van der Waals surface area contributed by atoms with E-state index in [1.165, 1.54) is 6.07 Å². The van der Waals surface area contributed by atoms with Gasteiger partial charge in [-0.15, -0.1) is 0 Å². The molecular formula is C13H15BrN4O2. The molecule has 1 aromatic heterocycles. The summed E-state index contributed by atoms with van der Waals surface area (Å²) in [4.78, 5) is 10.4. The first-order chi connectivity index (χ1) is 9.54. The molecule has 7 heteroatoms. The highest BCUT2D eigenvalue weighted by atomic mass is 79.9. The van der Waals surface area contributed by atoms with Crippen LogP contribution < -0.4 is 5.32 Å². The van der Waals surface area contributed by atoms with Crippen LogP contribution in [0.3, 0.4) is 0 Å². The molecule has 0 amide bonds. The van der Waals surface area contributed by atoms with E-state index in [-0.39, 0.29) is 16.7 Å². The molecule has 2 rings (SSSR count). The Hall–Kier alpha value is -1.73. The van der Waals surface area contributed by atoms with E-state index in [1.807, 2.05) is 29.9 Å². The van der Waals surface area contributed by atoms with E-state index in [9.17, 15) is 10.1 Å². The second-order valence-corrected chi connectivity index (χ2v) is 5.50. The van der Waals surface area contributed by atoms with Crippen molar-refractivity contribution in [3.05, 3.63) is 56.8 Å². The number of nitro benzene ring substituents is 1. The maximum Gasteiger partial charge on any atom is 0.270 e. The minimum Gasteiger partial charge on any atom is -0.308 e. The van der Waals surface area contributed by atoms with Gasteiger partial charge in [-0.05, 0) is 24.6 Å². The largest absolute Gasteiger partial charge is 0.308 e. The van der Waals surface area contributed by atoms with Crippen LogP contribution in [0.5, 0.6) is 0 Å². The first-order valence-electron chi connectivity index (χ1n) is 6.19. The van der Waals surface area contributed by atoms with Crippen LogP contribution in [0.25, 0.3) is 0 Å². The number of hydrogen-bond donors (Lipinski definition) is 1. The third-order valence-corrected chi connectivity index (χ3v) is 3.29. The van der Waals surface area contributed by atoms with Crippen molar-refractivity contribution in [3.63, 3.8) is 0 Å². The molecule has 0 saturated heterocycles. The highest BCUT2D eigenvalue weighted by Gasteiger charge is 2.09. The molecule has 0 spiro atoms. The second-order valence-electron chi connectivity index (χ2n) is 4.58. The Balaban J connectivity index is 1.94. The summed E-state index contributed by atoms with van der Waals surface area (Å²) in [7, 11) is 0. The lowest BCUT2D eigenvalue weighted by Gasteiger charge is -2.14. The van der Waals surface area contributed by atoms with Gasteiger partial charge in [0.15, 0.2) is 0 Å². The molecule has 0 saturated carbocycles. The lowest BCUT2D eigenvalue weighted by molar-refractivity contribution is -0.385. The summed E-state index contributed by atoms with van der Waals surface area (Å²) in [5, 5.41) is 18.3. The Bertz CT molecular complexity index is 586. The number of halogens is 1. The van der Waals surface area contributed by atoms with Gasteiger partial charge >= 0.3 is 0 Å². The Morgan fingerprint density at radius 1 is 1.50 bits per heavy atom. The number of nitrogens with one attached hydrogen (secondary N) is 1. The van der Waals surface area contributed by atoms with Gasteiger partial charge in [0.05, 0.1) is 11.5 Å². The molecule has 6 nitrogen and oxygen atoms in total. The van der Waals surface area contributed by atoms with Crippen molar-refractivity contribution < 1.29 is 4.92 Å². The molecule has 1 N–H and O–H groups in total. The van der Waals surface area contributed by atoms with Crippen molar-refractivity contribution in [3.8, 4) is 0 Å². The first kappa shape index (κ1) is 14.7. The molecule has 0 aliphatic carbocycles. The van der Waals surface area contributed by atoms with Crippen LogP contribution in [0, 0.1) is 10.1 Å². The Labute approximate surface area is 125 Å². The Kier molecular flexibility index (Phi) is 4.86. The maximum absolute atomic E-state index is 10.8. The van der Waals surface area contributed by atoms with Crippen LogP contribution in [0.1, 0.15) is 12.5 Å². The minimum atomic E-state index is -0.387. The smallest absolute Gasteiger partial charge is 0.270 e. The number of nitro groups is 1. The highest BCUT2D eigenvalue weighted by Crippen LogP contribution is 2.21. The van der Waals surface area contributed by atoms with E-state index in [0.29, 0.717) is 11.0 Å². The van der Waals surface area contributed by atoms with Gasteiger partial charge < -0.3 is 5.32 Å². The lowest BCUT2D eigenvalue weighted by Crippen LogP contribution is -2.30. The monoisotopic (exact) mass is 338 g/mol. The van der Waals surface area contributed by atoms with Crippen molar-refractivity contribution in [2.24, 2.45) is 0 Å². The van der Waals surface area contributed by atoms with Gasteiger partial charge in [-0.1, -0.05) is 15.9 Å². The van der Waals surface area contributed by atoms with Gasteiger partial charge in [-0.3, -0.25) is 14.8 Å². The van der Waals surface area contributed by atoms with Crippen LogP contribution in [-0.2, 0) is 13.1 Å². The van der Waals surface area contributed by atoms with Crippen molar-refractivity contribution in [1.29, 1.82) is 0 Å². The minimum absolute atomic E-state index is 0.0934. The molecule has 0 fully saturated rings. The lowest BCUT2D eigenvalue weighted by atomic mass is 10.2. The summed E-state index contributed by atoms with van der Waals surface area (Å²) < 4.78 is 2.56. The summed E-state index contributed by atoms with van der Waals surface area (Å²) in [6.45, 7) is 3.37. The van der Waals surface area contributed by atoms with Crippen molar-refractivity contribution in [2.45, 2.75) is 26.1 Å². The number of benzene rings is 1. The molecule has 106 valence electrons. The van der Waals surface area contributed by atoms with Gasteiger partial charge in [0.1, 0.15) is 0 Å². The third kappa shape index (κ3) is 4.14. The molecule has 2 aromatic rings. The summed E-state index contributed by atoms with van der Waals surface area (Å²) in [5.74, 6) is 0. The zero-order chi connectivity index (χ0) is 14.5. The number of hydrogen-bond acceptors (Lipinski definition) is 4. The van der Waals surface area contributed by atoms with Gasteiger partial charge in [-0.25, -0.2) is 0 Å². The standard InChI is InChI=1S/C13H15BrN4O2/c1-10(9-17-4-2-3-16-17)15-8-11-5-12(14)7-13(6-11)18(19)20/h2-7,10,15H,8-9H2,1H3. The van der Waals surface area contributed by atoms with Gasteiger partial charge in [0.2, 0.25) is 0 Å². The third-order valence-electron chi connectivity index (χ3n) is 2.83. The summed E-state index contributed by atoms with van der Waals surface area (Å²) in [6, 6.07) is 7.05. The molecule has 1 aromatic carbocycles. The molecule has 1 unspecified atom stereocenters. The van der Waals surface area contributed by atoms with Crippen LogP contribution >= 0.6 is 15.9 Å². The number of nitrogens with zero attached hydrogens (tertiary/aromatic N) is 3. The predicted octanol–water partition coefficient (Wildman–Crippen LogP) is 2.73. The zero-order valence-electron chi connectivity index (χ0n) is 11.0. The van der Waals surface area contributed by atoms with Gasteiger partial charge in [-0.2, -0.15) is 5.10 Å². The Morgan fingerprint density at radius 2 is 2.30 bits per heavy atom. The fourth-order valence-corrected chi connectivity index (χ4v) is 2.42. The molecule has 0 aliphatic rings. The maximum atomic E-state index is 10.8.